The number of hydrogen-bond donors (Lipinski definition) is 2. The molecule has 0 atom stereocenters. The highest BCUT2D eigenvalue weighted by Gasteiger charge is 2.37. The van der Waals surface area contributed by atoms with Crippen LogP contribution in [-0.4, -0.2) is 17.9 Å². The fraction of sp³-hybridized carbons (Fsp3) is 0.579. The maximum Gasteiger partial charge on any atom is 0.416 e. The minimum absolute atomic E-state index is 0.0724. The van der Waals surface area contributed by atoms with E-state index in [1.54, 1.807) is 0 Å². The van der Waals surface area contributed by atoms with Crippen LogP contribution in [0, 0.1) is 5.41 Å². The van der Waals surface area contributed by atoms with Crippen molar-refractivity contribution in [2.75, 3.05) is 5.32 Å². The summed E-state index contributed by atoms with van der Waals surface area (Å²) < 4.78 is 37.8. The molecule has 26 heavy (non-hydrogen) atoms. The van der Waals surface area contributed by atoms with Crippen LogP contribution in [0.25, 0.3) is 0 Å². The Bertz CT molecular complexity index is 631. The monoisotopic (exact) mass is 370 g/mol. The van der Waals surface area contributed by atoms with E-state index >= 15 is 0 Å². The number of benzene rings is 1. The zero-order valence-electron chi connectivity index (χ0n) is 15.1. The first-order valence-corrected chi connectivity index (χ1v) is 8.90. The molecular formula is C19H25F3N2O2. The first-order valence-electron chi connectivity index (χ1n) is 8.90. The van der Waals surface area contributed by atoms with E-state index in [-0.39, 0.29) is 17.6 Å². The first-order chi connectivity index (χ1) is 12.1. The summed E-state index contributed by atoms with van der Waals surface area (Å²) in [6.07, 6.45) is 1.81. The predicted molar refractivity (Wildman–Crippen MR) is 93.5 cm³/mol. The summed E-state index contributed by atoms with van der Waals surface area (Å²) in [7, 11) is 0. The lowest BCUT2D eigenvalue weighted by atomic mass is 9.90. The maximum atomic E-state index is 12.6. The molecule has 1 aliphatic carbocycles. The van der Waals surface area contributed by atoms with Crippen LogP contribution in [0.15, 0.2) is 24.3 Å². The minimum atomic E-state index is -4.43. The quantitative estimate of drug-likeness (QED) is 0.605. The van der Waals surface area contributed by atoms with Gasteiger partial charge in [-0.2, -0.15) is 13.2 Å². The van der Waals surface area contributed by atoms with Gasteiger partial charge in [0.15, 0.2) is 0 Å². The lowest BCUT2D eigenvalue weighted by molar-refractivity contribution is -0.139. The molecule has 7 heteroatoms. The number of rotatable bonds is 4. The molecule has 0 aromatic heterocycles. The Morgan fingerprint density at radius 3 is 1.96 bits per heavy atom. The van der Waals surface area contributed by atoms with Gasteiger partial charge in [-0.05, 0) is 51.0 Å². The molecule has 0 bridgehead atoms. The summed E-state index contributed by atoms with van der Waals surface area (Å²) in [5, 5.41) is 5.47. The molecule has 0 spiro atoms. The van der Waals surface area contributed by atoms with Crippen LogP contribution in [0.1, 0.15) is 57.9 Å². The van der Waals surface area contributed by atoms with Crippen LogP contribution < -0.4 is 10.6 Å². The fourth-order valence-corrected chi connectivity index (χ4v) is 2.92. The lowest BCUT2D eigenvalue weighted by Gasteiger charge is -2.26. The van der Waals surface area contributed by atoms with E-state index in [1.807, 2.05) is 0 Å². The summed E-state index contributed by atoms with van der Waals surface area (Å²) in [5.41, 5.74) is -1.89. The molecule has 0 saturated heterocycles. The zero-order valence-corrected chi connectivity index (χ0v) is 15.1. The van der Waals surface area contributed by atoms with Crippen molar-refractivity contribution in [1.29, 1.82) is 0 Å². The van der Waals surface area contributed by atoms with Crippen LogP contribution in [0.2, 0.25) is 0 Å². The second-order valence-electron chi connectivity index (χ2n) is 7.32. The lowest BCUT2D eigenvalue weighted by Crippen LogP contribution is -2.48. The Morgan fingerprint density at radius 1 is 0.923 bits per heavy atom. The third-order valence-corrected chi connectivity index (χ3v) is 4.80. The average molecular weight is 370 g/mol. The second kappa shape index (κ2) is 8.10. The number of nitrogens with one attached hydrogen (secondary N) is 2. The van der Waals surface area contributed by atoms with E-state index in [0.29, 0.717) is 0 Å². The predicted octanol–water partition coefficient (Wildman–Crippen LogP) is 4.51. The average Bonchev–Trinajstić information content (AvgIpc) is 2.83. The van der Waals surface area contributed by atoms with Gasteiger partial charge in [0.05, 0.1) is 5.56 Å². The maximum absolute atomic E-state index is 12.6. The highest BCUT2D eigenvalue weighted by molar-refractivity contribution is 6.09. The molecule has 2 rings (SSSR count). The van der Waals surface area contributed by atoms with Crippen molar-refractivity contribution in [3.63, 3.8) is 0 Å². The van der Waals surface area contributed by atoms with E-state index in [4.69, 9.17) is 0 Å². The SMILES string of the molecule is CC(C)(C(=O)Nc1ccc(C(F)(F)F)cc1)C(=O)NC1CCCCCC1. The van der Waals surface area contributed by atoms with Crippen molar-refractivity contribution in [3.8, 4) is 0 Å². The number of hydrogen-bond acceptors (Lipinski definition) is 2. The van der Waals surface area contributed by atoms with Crippen molar-refractivity contribution >= 4 is 17.5 Å². The molecule has 1 aromatic rings. The molecule has 1 saturated carbocycles. The van der Waals surface area contributed by atoms with E-state index < -0.39 is 23.1 Å². The molecule has 0 heterocycles. The van der Waals surface area contributed by atoms with Crippen LogP contribution in [0.3, 0.4) is 0 Å². The van der Waals surface area contributed by atoms with Crippen LogP contribution in [0.4, 0.5) is 18.9 Å². The third-order valence-electron chi connectivity index (χ3n) is 4.80. The smallest absolute Gasteiger partial charge is 0.352 e. The van der Waals surface area contributed by atoms with Crippen LogP contribution in [-0.2, 0) is 15.8 Å². The van der Waals surface area contributed by atoms with Crippen LogP contribution in [0.5, 0.6) is 0 Å². The number of anilines is 1. The van der Waals surface area contributed by atoms with Crippen LogP contribution >= 0.6 is 0 Å². The molecular weight excluding hydrogens is 345 g/mol. The molecule has 2 amide bonds. The molecule has 1 aliphatic rings. The Morgan fingerprint density at radius 2 is 1.46 bits per heavy atom. The molecule has 0 aliphatic heterocycles. The van der Waals surface area contributed by atoms with E-state index in [0.717, 1.165) is 50.7 Å². The summed E-state index contributed by atoms with van der Waals surface area (Å²) in [6, 6.07) is 4.23. The topological polar surface area (TPSA) is 58.2 Å². The molecule has 1 fully saturated rings. The van der Waals surface area contributed by atoms with Crippen molar-refractivity contribution in [3.05, 3.63) is 29.8 Å². The fourth-order valence-electron chi connectivity index (χ4n) is 2.92. The van der Waals surface area contributed by atoms with Gasteiger partial charge >= 0.3 is 6.18 Å². The van der Waals surface area contributed by atoms with Gasteiger partial charge in [-0.25, -0.2) is 0 Å². The van der Waals surface area contributed by atoms with E-state index in [2.05, 4.69) is 10.6 Å². The number of halogens is 3. The third kappa shape index (κ3) is 5.22. The molecule has 0 unspecified atom stereocenters. The largest absolute Gasteiger partial charge is 0.416 e. The Labute approximate surface area is 151 Å². The van der Waals surface area contributed by atoms with Gasteiger partial charge in [0.25, 0.3) is 0 Å². The van der Waals surface area contributed by atoms with Crippen molar-refractivity contribution in [2.24, 2.45) is 5.41 Å². The van der Waals surface area contributed by atoms with Crippen molar-refractivity contribution < 1.29 is 22.8 Å². The normalized spacial score (nSPS) is 16.7. The Kier molecular flexibility index (Phi) is 6.31. The first kappa shape index (κ1) is 20.3. The van der Waals surface area contributed by atoms with Gasteiger partial charge in [-0.3, -0.25) is 9.59 Å². The highest BCUT2D eigenvalue weighted by Crippen LogP contribution is 2.30. The van der Waals surface area contributed by atoms with Gasteiger partial charge < -0.3 is 10.6 Å². The van der Waals surface area contributed by atoms with Gasteiger partial charge in [0.2, 0.25) is 11.8 Å². The number of carbonyl (C=O) groups is 2. The van der Waals surface area contributed by atoms with Gasteiger partial charge in [-0.15, -0.1) is 0 Å². The van der Waals surface area contributed by atoms with Gasteiger partial charge in [0, 0.05) is 11.7 Å². The summed E-state index contributed by atoms with van der Waals surface area (Å²) >= 11 is 0. The Hall–Kier alpha value is -2.05. The molecule has 144 valence electrons. The van der Waals surface area contributed by atoms with Crippen molar-refractivity contribution in [2.45, 2.75) is 64.6 Å². The molecule has 1 aromatic carbocycles. The van der Waals surface area contributed by atoms with E-state index in [1.165, 1.54) is 26.0 Å². The summed E-state index contributed by atoms with van der Waals surface area (Å²) in [4.78, 5) is 25.0. The molecule has 0 radical (unpaired) electrons. The highest BCUT2D eigenvalue weighted by atomic mass is 19.4. The number of amides is 2. The van der Waals surface area contributed by atoms with E-state index in [9.17, 15) is 22.8 Å². The zero-order chi connectivity index (χ0) is 19.4. The molecule has 4 nitrogen and oxygen atoms in total. The molecule has 2 N–H and O–H groups in total. The van der Waals surface area contributed by atoms with Gasteiger partial charge in [0.1, 0.15) is 5.41 Å². The van der Waals surface area contributed by atoms with Gasteiger partial charge in [-0.1, -0.05) is 25.7 Å². The summed E-state index contributed by atoms with van der Waals surface area (Å²) in [6.45, 7) is 3.02. The summed E-state index contributed by atoms with van der Waals surface area (Å²) in [5.74, 6) is -0.919. The minimum Gasteiger partial charge on any atom is -0.352 e. The Balaban J connectivity index is 1.98. The number of alkyl halides is 3. The standard InChI is InChI=1S/C19H25F3N2O2/c1-18(2,16(25)23-14-7-5-3-4-6-8-14)17(26)24-15-11-9-13(10-12-15)19(20,21)22/h9-12,14H,3-8H2,1-2H3,(H,23,25)(H,24,26). The van der Waals surface area contributed by atoms with Crippen molar-refractivity contribution in [1.82, 2.24) is 5.32 Å². The second-order valence-corrected chi connectivity index (χ2v) is 7.32. The number of carbonyl (C=O) groups excluding carboxylic acids is 2.